The summed E-state index contributed by atoms with van der Waals surface area (Å²) in [5.41, 5.74) is 10.2. The summed E-state index contributed by atoms with van der Waals surface area (Å²) < 4.78 is 1.11. The molecule has 0 aliphatic heterocycles. The van der Waals surface area contributed by atoms with Gasteiger partial charge >= 0.3 is 0 Å². The minimum atomic E-state index is 0.0665. The Morgan fingerprint density at radius 1 is 0.947 bits per heavy atom. The molecule has 2 heteroatoms. The second-order valence-electron chi connectivity index (χ2n) is 4.93. The highest BCUT2D eigenvalue weighted by Crippen LogP contribution is 2.19. The molecule has 0 heterocycles. The minimum Gasteiger partial charge on any atom is -0.324 e. The number of hydrogen-bond donors (Lipinski definition) is 1. The Morgan fingerprint density at radius 2 is 1.53 bits per heavy atom. The highest BCUT2D eigenvalue weighted by atomic mass is 79.9. The topological polar surface area (TPSA) is 26.0 Å². The van der Waals surface area contributed by atoms with Gasteiger partial charge in [0.05, 0.1) is 0 Å². The van der Waals surface area contributed by atoms with E-state index in [4.69, 9.17) is 5.73 Å². The molecule has 0 saturated heterocycles. The first-order valence-corrected chi connectivity index (χ1v) is 7.57. The quantitative estimate of drug-likeness (QED) is 0.853. The summed E-state index contributed by atoms with van der Waals surface area (Å²) >= 11 is 3.45. The zero-order chi connectivity index (χ0) is 13.7. The zero-order valence-corrected chi connectivity index (χ0v) is 12.9. The van der Waals surface area contributed by atoms with Gasteiger partial charge in [0, 0.05) is 10.5 Å². The third kappa shape index (κ3) is 4.19. The standard InChI is InChI=1S/C17H20BrN/c1-2-3-13-4-8-15(9-5-13)17(19)12-14-6-10-16(18)11-7-14/h4-11,17H,2-3,12,19H2,1H3. The predicted molar refractivity (Wildman–Crippen MR) is 85.2 cm³/mol. The first kappa shape index (κ1) is 14.3. The molecule has 19 heavy (non-hydrogen) atoms. The van der Waals surface area contributed by atoms with Crippen molar-refractivity contribution in [1.82, 2.24) is 0 Å². The van der Waals surface area contributed by atoms with Gasteiger partial charge in [-0.15, -0.1) is 0 Å². The molecule has 0 aliphatic rings. The van der Waals surface area contributed by atoms with Gasteiger partial charge in [0.1, 0.15) is 0 Å². The van der Waals surface area contributed by atoms with Gasteiger partial charge in [0.15, 0.2) is 0 Å². The second-order valence-corrected chi connectivity index (χ2v) is 5.84. The van der Waals surface area contributed by atoms with Crippen LogP contribution < -0.4 is 5.73 Å². The zero-order valence-electron chi connectivity index (χ0n) is 11.3. The summed E-state index contributed by atoms with van der Waals surface area (Å²) in [6.07, 6.45) is 3.20. The first-order chi connectivity index (χ1) is 9.19. The number of nitrogens with two attached hydrogens (primary N) is 1. The Labute approximate surface area is 124 Å². The number of halogens is 1. The molecule has 1 atom stereocenters. The van der Waals surface area contributed by atoms with Crippen molar-refractivity contribution in [1.29, 1.82) is 0 Å². The summed E-state index contributed by atoms with van der Waals surface area (Å²) in [6.45, 7) is 2.20. The molecule has 2 rings (SSSR count). The summed E-state index contributed by atoms with van der Waals surface area (Å²) in [6, 6.07) is 17.1. The lowest BCUT2D eigenvalue weighted by atomic mass is 9.98. The van der Waals surface area contributed by atoms with Crippen LogP contribution in [0.5, 0.6) is 0 Å². The van der Waals surface area contributed by atoms with E-state index in [0.717, 1.165) is 17.3 Å². The van der Waals surface area contributed by atoms with Crippen LogP contribution in [0.3, 0.4) is 0 Å². The summed E-state index contributed by atoms with van der Waals surface area (Å²) in [5, 5.41) is 0. The lowest BCUT2D eigenvalue weighted by Gasteiger charge is -2.13. The Hall–Kier alpha value is -1.12. The third-order valence-corrected chi connectivity index (χ3v) is 3.84. The van der Waals surface area contributed by atoms with Gasteiger partial charge < -0.3 is 5.73 Å². The van der Waals surface area contributed by atoms with E-state index in [0.29, 0.717) is 0 Å². The van der Waals surface area contributed by atoms with Crippen LogP contribution in [0, 0.1) is 0 Å². The number of benzene rings is 2. The van der Waals surface area contributed by atoms with E-state index in [1.54, 1.807) is 0 Å². The fourth-order valence-corrected chi connectivity index (χ4v) is 2.48. The second kappa shape index (κ2) is 6.88. The molecule has 100 valence electrons. The van der Waals surface area contributed by atoms with Crippen LogP contribution in [0.1, 0.15) is 36.1 Å². The summed E-state index contributed by atoms with van der Waals surface area (Å²) in [7, 11) is 0. The lowest BCUT2D eigenvalue weighted by Crippen LogP contribution is -2.13. The molecule has 0 amide bonds. The molecule has 0 bridgehead atoms. The molecule has 1 unspecified atom stereocenters. The van der Waals surface area contributed by atoms with Gasteiger partial charge in [0.2, 0.25) is 0 Å². The van der Waals surface area contributed by atoms with Crippen molar-refractivity contribution < 1.29 is 0 Å². The van der Waals surface area contributed by atoms with Crippen molar-refractivity contribution in [2.45, 2.75) is 32.2 Å². The van der Waals surface area contributed by atoms with E-state index < -0.39 is 0 Å². The van der Waals surface area contributed by atoms with Crippen LogP contribution in [0.4, 0.5) is 0 Å². The van der Waals surface area contributed by atoms with Gasteiger partial charge in [-0.25, -0.2) is 0 Å². The van der Waals surface area contributed by atoms with Crippen molar-refractivity contribution in [3.63, 3.8) is 0 Å². The van der Waals surface area contributed by atoms with Crippen molar-refractivity contribution >= 4 is 15.9 Å². The van der Waals surface area contributed by atoms with Crippen LogP contribution in [-0.4, -0.2) is 0 Å². The lowest BCUT2D eigenvalue weighted by molar-refractivity contribution is 0.721. The molecule has 2 aromatic carbocycles. The van der Waals surface area contributed by atoms with E-state index in [2.05, 4.69) is 71.4 Å². The molecule has 2 N–H and O–H groups in total. The van der Waals surface area contributed by atoms with Crippen LogP contribution >= 0.6 is 15.9 Å². The van der Waals surface area contributed by atoms with Gasteiger partial charge in [-0.1, -0.05) is 65.7 Å². The van der Waals surface area contributed by atoms with Gasteiger partial charge in [0.25, 0.3) is 0 Å². The van der Waals surface area contributed by atoms with Crippen LogP contribution in [0.15, 0.2) is 53.0 Å². The average Bonchev–Trinajstić information content (AvgIpc) is 2.42. The highest BCUT2D eigenvalue weighted by Gasteiger charge is 2.07. The maximum Gasteiger partial charge on any atom is 0.0335 e. The van der Waals surface area contributed by atoms with Crippen molar-refractivity contribution in [3.05, 3.63) is 69.7 Å². The molecule has 0 fully saturated rings. The highest BCUT2D eigenvalue weighted by molar-refractivity contribution is 9.10. The molecule has 1 nitrogen and oxygen atoms in total. The van der Waals surface area contributed by atoms with Crippen LogP contribution in [0.2, 0.25) is 0 Å². The fraction of sp³-hybridized carbons (Fsp3) is 0.294. The average molecular weight is 318 g/mol. The van der Waals surface area contributed by atoms with E-state index in [1.165, 1.54) is 23.1 Å². The molecular weight excluding hydrogens is 298 g/mol. The largest absolute Gasteiger partial charge is 0.324 e. The van der Waals surface area contributed by atoms with Gasteiger partial charge in [-0.05, 0) is 41.7 Å². The van der Waals surface area contributed by atoms with E-state index in [1.807, 2.05) is 0 Å². The first-order valence-electron chi connectivity index (χ1n) is 6.78. The third-order valence-electron chi connectivity index (χ3n) is 3.32. The monoisotopic (exact) mass is 317 g/mol. The fourth-order valence-electron chi connectivity index (χ4n) is 2.21. The maximum atomic E-state index is 6.28. The molecule has 0 radical (unpaired) electrons. The molecule has 0 spiro atoms. The van der Waals surface area contributed by atoms with Gasteiger partial charge in [-0.3, -0.25) is 0 Å². The molecule has 0 aliphatic carbocycles. The molecule has 0 aromatic heterocycles. The van der Waals surface area contributed by atoms with Crippen molar-refractivity contribution in [2.75, 3.05) is 0 Å². The van der Waals surface area contributed by atoms with Crippen molar-refractivity contribution in [2.24, 2.45) is 5.73 Å². The Kier molecular flexibility index (Phi) is 5.17. The van der Waals surface area contributed by atoms with E-state index in [9.17, 15) is 0 Å². The molecular formula is C17H20BrN. The summed E-state index contributed by atoms with van der Waals surface area (Å²) in [5.74, 6) is 0. The SMILES string of the molecule is CCCc1ccc(C(N)Cc2ccc(Br)cc2)cc1. The Morgan fingerprint density at radius 3 is 2.11 bits per heavy atom. The van der Waals surface area contributed by atoms with Crippen LogP contribution in [0.25, 0.3) is 0 Å². The molecule has 2 aromatic rings. The van der Waals surface area contributed by atoms with E-state index >= 15 is 0 Å². The Bertz CT molecular complexity index is 502. The smallest absolute Gasteiger partial charge is 0.0335 e. The summed E-state index contributed by atoms with van der Waals surface area (Å²) in [4.78, 5) is 0. The van der Waals surface area contributed by atoms with Crippen LogP contribution in [-0.2, 0) is 12.8 Å². The van der Waals surface area contributed by atoms with Gasteiger partial charge in [-0.2, -0.15) is 0 Å². The number of hydrogen-bond acceptors (Lipinski definition) is 1. The molecule has 0 saturated carbocycles. The minimum absolute atomic E-state index is 0.0665. The number of aryl methyl sites for hydroxylation is 1. The predicted octanol–water partition coefficient (Wildman–Crippen LogP) is 4.64. The normalized spacial score (nSPS) is 12.4. The van der Waals surface area contributed by atoms with E-state index in [-0.39, 0.29) is 6.04 Å². The Balaban J connectivity index is 2.02. The van der Waals surface area contributed by atoms with Crippen molar-refractivity contribution in [3.8, 4) is 0 Å². The number of rotatable bonds is 5. The maximum absolute atomic E-state index is 6.28.